The van der Waals surface area contributed by atoms with Gasteiger partial charge in [-0.3, -0.25) is 0 Å². The van der Waals surface area contributed by atoms with Crippen molar-refractivity contribution in [2.45, 2.75) is 110 Å². The van der Waals surface area contributed by atoms with E-state index in [1.54, 1.807) is 25.9 Å². The summed E-state index contributed by atoms with van der Waals surface area (Å²) in [5.74, 6) is 0. The molecule has 0 spiro atoms. The maximum Gasteiger partial charge on any atom is 0.151 e. The first-order valence-electron chi connectivity index (χ1n) is 17.8. The van der Waals surface area contributed by atoms with Crippen molar-refractivity contribution in [3.8, 4) is 0 Å². The van der Waals surface area contributed by atoms with Gasteiger partial charge in [-0.15, -0.1) is 0 Å². The van der Waals surface area contributed by atoms with Gasteiger partial charge < -0.3 is 0 Å². The van der Waals surface area contributed by atoms with Gasteiger partial charge in [0.1, 0.15) is 7.59 Å². The Morgan fingerprint density at radius 2 is 0.396 bits per heavy atom. The molecule has 0 heterocycles. The Bertz CT molecular complexity index is 1780. The van der Waals surface area contributed by atoms with E-state index in [4.69, 9.17) is 0 Å². The maximum atomic E-state index is 2.81. The summed E-state index contributed by atoms with van der Waals surface area (Å²) in [5, 5.41) is 8.16. The topological polar surface area (TPSA) is 0 Å². The monoisotopic (exact) mass is 666 g/mol. The lowest BCUT2D eigenvalue weighted by molar-refractivity contribution is 1.31. The van der Waals surface area contributed by atoms with Crippen LogP contribution >= 0.6 is 0 Å². The number of hydrogen-bond donors (Lipinski definition) is 0. The second kappa shape index (κ2) is 12.8. The average Bonchev–Trinajstić information content (AvgIpc) is 2.89. The molecule has 0 atom stereocenters. The van der Waals surface area contributed by atoms with Gasteiger partial charge in [0.15, 0.2) is 7.59 Å². The van der Waals surface area contributed by atoms with Crippen LogP contribution in [0.25, 0.3) is 0 Å². The molecule has 0 nitrogen and oxygen atoms in total. The van der Waals surface area contributed by atoms with E-state index in [1.165, 1.54) is 83.5 Å². The smallest absolute Gasteiger partial charge is 0.0625 e. The molecule has 0 radical (unpaired) electrons. The van der Waals surface area contributed by atoms with Crippen LogP contribution in [-0.4, -0.2) is 15.2 Å². The predicted molar refractivity (Wildman–Crippen MR) is 219 cm³/mol. The summed E-state index contributed by atoms with van der Waals surface area (Å²) in [6, 6.07) is 24.8. The van der Waals surface area contributed by atoms with Gasteiger partial charge in [0, 0.05) is 0 Å². The minimum Gasteiger partial charge on any atom is -0.0625 e. The molecule has 5 aromatic rings. The summed E-state index contributed by atoms with van der Waals surface area (Å²) in [5.41, 5.74) is 21.2. The molecule has 0 bridgehead atoms. The molecule has 48 heavy (non-hydrogen) atoms. The number of hydrogen-bond acceptors (Lipinski definition) is 0. The highest BCUT2D eigenvalue weighted by atomic mass is 29.3. The van der Waals surface area contributed by atoms with E-state index < -0.39 is 15.2 Å². The summed E-state index contributed by atoms with van der Waals surface area (Å²) in [4.78, 5) is 0. The summed E-state index contributed by atoms with van der Waals surface area (Å²) >= 11 is 0. The highest BCUT2D eigenvalue weighted by Crippen LogP contribution is 2.33. The number of rotatable bonds is 6. The van der Waals surface area contributed by atoms with E-state index in [9.17, 15) is 0 Å². The first-order chi connectivity index (χ1) is 22.4. The normalized spacial score (nSPS) is 12.2. The van der Waals surface area contributed by atoms with Crippen molar-refractivity contribution in [3.05, 3.63) is 144 Å². The summed E-state index contributed by atoms with van der Waals surface area (Å²) in [6.45, 7) is 38.4. The molecule has 0 N–H and O–H groups in total. The van der Waals surface area contributed by atoms with Crippen LogP contribution in [0, 0.1) is 104 Å². The molecule has 0 aromatic heterocycles. The molecule has 2 heteroatoms. The summed E-state index contributed by atoms with van der Waals surface area (Å²) in [7, 11) is -5.85. The fraction of sp³-hybridized carbons (Fsp3) is 0.348. The average molecular weight is 667 g/mol. The van der Waals surface area contributed by atoms with Crippen molar-refractivity contribution < 1.29 is 0 Å². The molecular formula is C46H58Si2. The van der Waals surface area contributed by atoms with Crippen molar-refractivity contribution in [1.82, 2.24) is 0 Å². The highest BCUT2D eigenvalue weighted by molar-refractivity contribution is 7.64. The van der Waals surface area contributed by atoms with E-state index in [0.717, 1.165) is 0 Å². The van der Waals surface area contributed by atoms with Gasteiger partial charge in [-0.05, 0) is 119 Å². The van der Waals surface area contributed by atoms with Gasteiger partial charge in [0.25, 0.3) is 0 Å². The van der Waals surface area contributed by atoms with Crippen LogP contribution in [0.1, 0.15) is 83.5 Å². The van der Waals surface area contributed by atoms with Crippen molar-refractivity contribution in [1.29, 1.82) is 0 Å². The van der Waals surface area contributed by atoms with Crippen molar-refractivity contribution in [2.24, 2.45) is 0 Å². The Balaban J connectivity index is 2.32. The molecule has 250 valence electrons. The van der Waals surface area contributed by atoms with E-state index in [-0.39, 0.29) is 0 Å². The summed E-state index contributed by atoms with van der Waals surface area (Å²) < 4.78 is 0. The van der Waals surface area contributed by atoms with Crippen LogP contribution in [0.2, 0.25) is 6.55 Å². The first-order valence-corrected chi connectivity index (χ1v) is 23.3. The fourth-order valence-electron chi connectivity index (χ4n) is 10.9. The minimum absolute atomic E-state index is 1.35. The Morgan fingerprint density at radius 3 is 0.562 bits per heavy atom. The third kappa shape index (κ3) is 5.50. The van der Waals surface area contributed by atoms with Crippen LogP contribution in [0.15, 0.2) is 60.7 Å². The standard InChI is InChI=1S/C46H58Si2/c1-27-17-32(6)42(33(7)18-27)47(16,43-34(8)19-28(2)20-35(43)9)48(44-36(10)21-29(3)22-37(44)11,45-38(12)23-30(4)24-39(45)13)46-40(14)25-31(5)26-41(46)15/h17-26H,1-16H3. The second-order valence-electron chi connectivity index (χ2n) is 15.7. The van der Waals surface area contributed by atoms with Crippen molar-refractivity contribution in [3.63, 3.8) is 0 Å². The molecule has 0 aliphatic heterocycles. The molecule has 0 saturated heterocycles. The maximum absolute atomic E-state index is 3.02. The largest absolute Gasteiger partial charge is 0.151 e. The second-order valence-corrected chi connectivity index (χ2v) is 27.2. The molecule has 0 aliphatic carbocycles. The highest BCUT2D eigenvalue weighted by Gasteiger charge is 2.62. The lowest BCUT2D eigenvalue weighted by Crippen LogP contribution is -2.91. The van der Waals surface area contributed by atoms with Crippen molar-refractivity contribution >= 4 is 41.1 Å². The Morgan fingerprint density at radius 1 is 0.250 bits per heavy atom. The van der Waals surface area contributed by atoms with Crippen molar-refractivity contribution in [2.75, 3.05) is 0 Å². The quantitative estimate of drug-likeness (QED) is 0.126. The van der Waals surface area contributed by atoms with Gasteiger partial charge in [-0.25, -0.2) is 0 Å². The van der Waals surface area contributed by atoms with E-state index in [1.807, 2.05) is 0 Å². The predicted octanol–water partition coefficient (Wildman–Crippen LogP) is 8.75. The molecular weight excluding hydrogens is 609 g/mol. The zero-order valence-corrected chi connectivity index (χ0v) is 34.8. The van der Waals surface area contributed by atoms with Gasteiger partial charge in [0.2, 0.25) is 0 Å². The van der Waals surface area contributed by atoms with E-state index in [2.05, 4.69) is 171 Å². The number of benzene rings is 5. The Labute approximate surface area is 294 Å². The minimum atomic E-state index is -3.02. The molecule has 5 aromatic carbocycles. The Hall–Kier alpha value is -3.47. The lowest BCUT2D eigenvalue weighted by Gasteiger charge is -2.53. The fourth-order valence-corrected chi connectivity index (χ4v) is 34.2. The zero-order valence-electron chi connectivity index (χ0n) is 32.8. The molecule has 0 amide bonds. The summed E-state index contributed by atoms with van der Waals surface area (Å²) in [6.07, 6.45) is 0. The zero-order chi connectivity index (χ0) is 35.6. The van der Waals surface area contributed by atoms with E-state index in [0.29, 0.717) is 0 Å². The van der Waals surface area contributed by atoms with E-state index >= 15 is 0 Å². The van der Waals surface area contributed by atoms with Crippen LogP contribution in [0.4, 0.5) is 0 Å². The van der Waals surface area contributed by atoms with Crippen LogP contribution in [-0.2, 0) is 0 Å². The van der Waals surface area contributed by atoms with Crippen LogP contribution in [0.5, 0.6) is 0 Å². The Kier molecular flexibility index (Phi) is 9.53. The molecule has 5 rings (SSSR count). The first kappa shape index (κ1) is 35.8. The molecule has 0 aliphatic rings. The van der Waals surface area contributed by atoms with Crippen LogP contribution < -0.4 is 25.9 Å². The lowest BCUT2D eigenvalue weighted by atomic mass is 10.1. The molecule has 0 fully saturated rings. The third-order valence-corrected chi connectivity index (χ3v) is 29.2. The number of aryl methyl sites for hydroxylation is 15. The third-order valence-electron chi connectivity index (χ3n) is 11.3. The molecule has 0 unspecified atom stereocenters. The SMILES string of the molecule is Cc1cc(C)c([Si](C)(c2c(C)cc(C)cc2C)[Si](c2c(C)cc(C)cc2C)(c2c(C)cc(C)cc2C)c2c(C)cc(C)cc2C)c(C)c1. The van der Waals surface area contributed by atoms with Crippen LogP contribution in [0.3, 0.4) is 0 Å². The van der Waals surface area contributed by atoms with Gasteiger partial charge in [0.05, 0.1) is 0 Å². The van der Waals surface area contributed by atoms with Gasteiger partial charge in [-0.1, -0.05) is 161 Å². The molecule has 0 saturated carbocycles. The van der Waals surface area contributed by atoms with Gasteiger partial charge >= 0.3 is 0 Å². The van der Waals surface area contributed by atoms with Gasteiger partial charge in [-0.2, -0.15) is 0 Å².